The molecule has 1 aromatic rings. The van der Waals surface area contributed by atoms with Gasteiger partial charge in [0.15, 0.2) is 5.78 Å². The van der Waals surface area contributed by atoms with E-state index in [0.29, 0.717) is 17.7 Å². The smallest absolute Gasteiger partial charge is 0.170 e. The Hall–Kier alpha value is -2.29. The van der Waals surface area contributed by atoms with Crippen molar-refractivity contribution in [2.24, 2.45) is 0 Å². The lowest BCUT2D eigenvalue weighted by atomic mass is 9.97. The lowest BCUT2D eigenvalue weighted by Crippen LogP contribution is -2.26. The lowest BCUT2D eigenvalue weighted by Gasteiger charge is -2.25. The Morgan fingerprint density at radius 1 is 1.04 bits per heavy atom. The molecule has 0 bridgehead atoms. The number of carbonyl (C=O) groups is 1. The Morgan fingerprint density at radius 2 is 1.68 bits per heavy atom. The van der Waals surface area contributed by atoms with Gasteiger partial charge in [0.2, 0.25) is 0 Å². The van der Waals surface area contributed by atoms with Crippen LogP contribution in [0.25, 0.3) is 0 Å². The Kier molecular flexibility index (Phi) is 8.56. The van der Waals surface area contributed by atoms with Gasteiger partial charge in [0.05, 0.1) is 5.56 Å². The zero-order valence-electron chi connectivity index (χ0n) is 17.8. The van der Waals surface area contributed by atoms with E-state index in [0.717, 1.165) is 38.5 Å². The molecule has 3 heteroatoms. The number of hydrogen-bond donors (Lipinski definition) is 1. The molecule has 1 aromatic carbocycles. The molecule has 28 heavy (non-hydrogen) atoms. The van der Waals surface area contributed by atoms with Crippen molar-refractivity contribution in [3.05, 3.63) is 58.7 Å². The molecule has 2 rings (SSSR count). The number of aromatic hydroxyl groups is 1. The lowest BCUT2D eigenvalue weighted by molar-refractivity contribution is 0.0839. The molecular formula is C25H34O3. The highest BCUT2D eigenvalue weighted by Crippen LogP contribution is 2.31. The maximum absolute atomic E-state index is 12.2. The summed E-state index contributed by atoms with van der Waals surface area (Å²) in [5.41, 5.74) is 4.73. The van der Waals surface area contributed by atoms with Gasteiger partial charge in [-0.15, -0.1) is 0 Å². The third kappa shape index (κ3) is 7.38. The molecule has 3 nitrogen and oxygen atoms in total. The number of phenolic OH excluding ortho intramolecular Hbond substituents is 1. The van der Waals surface area contributed by atoms with E-state index in [1.165, 1.54) is 22.8 Å². The first-order chi connectivity index (χ1) is 13.3. The highest BCUT2D eigenvalue weighted by Gasteiger charge is 2.26. The second-order valence-corrected chi connectivity index (χ2v) is 8.08. The van der Waals surface area contributed by atoms with E-state index in [4.69, 9.17) is 4.74 Å². The Bertz CT molecular complexity index is 764. The third-order valence-corrected chi connectivity index (χ3v) is 5.07. The van der Waals surface area contributed by atoms with Gasteiger partial charge in [0.1, 0.15) is 17.6 Å². The van der Waals surface area contributed by atoms with Crippen molar-refractivity contribution in [3.63, 3.8) is 0 Å². The van der Waals surface area contributed by atoms with E-state index in [-0.39, 0.29) is 17.6 Å². The number of Topliss-reactive ketones (excluding diaryl/α,β-unsaturated/α-hetero) is 1. The molecule has 1 unspecified atom stereocenters. The zero-order chi connectivity index (χ0) is 20.5. The molecule has 0 spiro atoms. The van der Waals surface area contributed by atoms with E-state index in [2.05, 4.69) is 45.9 Å². The second-order valence-electron chi connectivity index (χ2n) is 8.08. The average molecular weight is 383 g/mol. The van der Waals surface area contributed by atoms with Crippen molar-refractivity contribution in [1.82, 2.24) is 0 Å². The quantitative estimate of drug-likeness (QED) is 0.471. The summed E-state index contributed by atoms with van der Waals surface area (Å²) in [5.74, 6) is 0.749. The maximum atomic E-state index is 12.2. The minimum atomic E-state index is -0.0780. The Morgan fingerprint density at radius 3 is 2.36 bits per heavy atom. The van der Waals surface area contributed by atoms with Crippen LogP contribution in [0.2, 0.25) is 0 Å². The molecule has 0 saturated carbocycles. The highest BCUT2D eigenvalue weighted by molar-refractivity contribution is 6.00. The van der Waals surface area contributed by atoms with Gasteiger partial charge >= 0.3 is 0 Å². The molecule has 0 fully saturated rings. The van der Waals surface area contributed by atoms with Crippen molar-refractivity contribution in [3.8, 4) is 11.5 Å². The summed E-state index contributed by atoms with van der Waals surface area (Å²) in [7, 11) is 0. The highest BCUT2D eigenvalue weighted by atomic mass is 16.5. The van der Waals surface area contributed by atoms with Gasteiger partial charge in [-0.1, -0.05) is 34.9 Å². The van der Waals surface area contributed by atoms with E-state index in [9.17, 15) is 9.90 Å². The van der Waals surface area contributed by atoms with Crippen molar-refractivity contribution < 1.29 is 14.6 Å². The molecule has 0 aliphatic carbocycles. The SMILES string of the molecule is CC(C)=CCCC(C)=CCCC(C)=CCCC1CC(=O)c2cc(O)ccc2O1. The van der Waals surface area contributed by atoms with Crippen LogP contribution in [0, 0.1) is 0 Å². The fourth-order valence-corrected chi connectivity index (χ4v) is 3.39. The van der Waals surface area contributed by atoms with Crippen LogP contribution in [0.1, 0.15) is 83.0 Å². The standard InChI is InChI=1S/C25H34O3/c1-18(2)8-5-9-19(3)10-6-11-20(4)12-7-13-22-17-24(27)23-16-21(26)14-15-25(23)28-22/h8,10,12,14-16,22,26H,5-7,9,11,13,17H2,1-4H3. The molecule has 0 radical (unpaired) electrons. The minimum absolute atomic E-state index is 0.0524. The van der Waals surface area contributed by atoms with E-state index in [1.54, 1.807) is 12.1 Å². The predicted molar refractivity (Wildman–Crippen MR) is 116 cm³/mol. The third-order valence-electron chi connectivity index (χ3n) is 5.07. The van der Waals surface area contributed by atoms with Gasteiger partial charge in [-0.2, -0.15) is 0 Å². The molecule has 1 aliphatic rings. The average Bonchev–Trinajstić information content (AvgIpc) is 2.62. The van der Waals surface area contributed by atoms with Crippen LogP contribution in [-0.2, 0) is 0 Å². The summed E-state index contributed by atoms with van der Waals surface area (Å²) in [4.78, 5) is 12.2. The molecule has 0 aromatic heterocycles. The number of carbonyl (C=O) groups excluding carboxylic acids is 1. The number of hydrogen-bond acceptors (Lipinski definition) is 3. The molecule has 1 aliphatic heterocycles. The maximum Gasteiger partial charge on any atom is 0.170 e. The number of phenols is 1. The monoisotopic (exact) mass is 382 g/mol. The van der Waals surface area contributed by atoms with Crippen molar-refractivity contribution in [1.29, 1.82) is 0 Å². The number of ketones is 1. The Labute approximate surface area is 169 Å². The summed E-state index contributed by atoms with van der Waals surface area (Å²) < 4.78 is 5.93. The van der Waals surface area contributed by atoms with Crippen LogP contribution in [0.5, 0.6) is 11.5 Å². The normalized spacial score (nSPS) is 17.1. The number of ether oxygens (including phenoxy) is 1. The van der Waals surface area contributed by atoms with Crippen LogP contribution < -0.4 is 4.74 Å². The molecule has 0 saturated heterocycles. The minimum Gasteiger partial charge on any atom is -0.508 e. The predicted octanol–water partition coefficient (Wildman–Crippen LogP) is 6.93. The van der Waals surface area contributed by atoms with Crippen LogP contribution >= 0.6 is 0 Å². The summed E-state index contributed by atoms with van der Waals surface area (Å²) in [6.07, 6.45) is 13.4. The van der Waals surface area contributed by atoms with Gasteiger partial charge in [0, 0.05) is 6.42 Å². The second kappa shape index (κ2) is 10.9. The number of fused-ring (bicyclic) bond motifs is 1. The first-order valence-corrected chi connectivity index (χ1v) is 10.3. The first kappa shape index (κ1) is 22.0. The topological polar surface area (TPSA) is 46.5 Å². The summed E-state index contributed by atoms with van der Waals surface area (Å²) in [6.45, 7) is 8.68. The van der Waals surface area contributed by atoms with E-state index >= 15 is 0 Å². The fourth-order valence-electron chi connectivity index (χ4n) is 3.39. The molecule has 1 atom stereocenters. The summed E-state index contributed by atoms with van der Waals surface area (Å²) in [5, 5.41) is 9.52. The summed E-state index contributed by atoms with van der Waals surface area (Å²) >= 11 is 0. The fraction of sp³-hybridized carbons (Fsp3) is 0.480. The molecule has 1 heterocycles. The largest absolute Gasteiger partial charge is 0.508 e. The molecule has 152 valence electrons. The first-order valence-electron chi connectivity index (χ1n) is 10.3. The van der Waals surface area contributed by atoms with Crippen LogP contribution in [0.3, 0.4) is 0 Å². The van der Waals surface area contributed by atoms with E-state index in [1.807, 2.05) is 0 Å². The van der Waals surface area contributed by atoms with Crippen LogP contribution in [0.15, 0.2) is 53.1 Å². The zero-order valence-corrected chi connectivity index (χ0v) is 17.8. The van der Waals surface area contributed by atoms with Crippen LogP contribution in [-0.4, -0.2) is 17.0 Å². The molecular weight excluding hydrogens is 348 g/mol. The van der Waals surface area contributed by atoms with Crippen LogP contribution in [0.4, 0.5) is 0 Å². The van der Waals surface area contributed by atoms with Gasteiger partial charge in [0.25, 0.3) is 0 Å². The Balaban J connectivity index is 1.73. The van der Waals surface area contributed by atoms with Gasteiger partial charge in [-0.25, -0.2) is 0 Å². The summed E-state index contributed by atoms with van der Waals surface area (Å²) in [6, 6.07) is 4.74. The molecule has 1 N–H and O–H groups in total. The number of rotatable bonds is 9. The van der Waals surface area contributed by atoms with Crippen molar-refractivity contribution >= 4 is 5.78 Å². The number of allylic oxidation sites excluding steroid dienone is 6. The molecule has 0 amide bonds. The van der Waals surface area contributed by atoms with Crippen molar-refractivity contribution in [2.45, 2.75) is 78.7 Å². The number of benzene rings is 1. The van der Waals surface area contributed by atoms with Gasteiger partial charge < -0.3 is 9.84 Å². The van der Waals surface area contributed by atoms with Gasteiger partial charge in [-0.3, -0.25) is 4.79 Å². The van der Waals surface area contributed by atoms with E-state index < -0.39 is 0 Å². The van der Waals surface area contributed by atoms with Crippen molar-refractivity contribution in [2.75, 3.05) is 0 Å². The van der Waals surface area contributed by atoms with Gasteiger partial charge in [-0.05, 0) is 84.4 Å².